The van der Waals surface area contributed by atoms with Crippen molar-refractivity contribution in [3.05, 3.63) is 41.4 Å². The molecule has 0 aliphatic rings. The SMILES string of the molecule is COc1ccc(-c2ccc(Cl)cc2N)cc1OC. The highest BCUT2D eigenvalue weighted by molar-refractivity contribution is 6.31. The van der Waals surface area contributed by atoms with Gasteiger partial charge < -0.3 is 15.2 Å². The third kappa shape index (κ3) is 2.36. The molecule has 0 aromatic heterocycles. The van der Waals surface area contributed by atoms with Crippen molar-refractivity contribution in [1.82, 2.24) is 0 Å². The molecule has 0 atom stereocenters. The van der Waals surface area contributed by atoms with Crippen LogP contribution in [0.1, 0.15) is 0 Å². The Kier molecular flexibility index (Phi) is 3.63. The number of benzene rings is 2. The van der Waals surface area contributed by atoms with Gasteiger partial charge in [0.1, 0.15) is 0 Å². The maximum atomic E-state index is 5.96. The summed E-state index contributed by atoms with van der Waals surface area (Å²) in [6.07, 6.45) is 0. The van der Waals surface area contributed by atoms with Crippen LogP contribution in [-0.2, 0) is 0 Å². The Labute approximate surface area is 111 Å². The molecule has 94 valence electrons. The van der Waals surface area contributed by atoms with Crippen molar-refractivity contribution in [3.8, 4) is 22.6 Å². The molecule has 0 aliphatic carbocycles. The topological polar surface area (TPSA) is 44.5 Å². The first-order valence-corrected chi connectivity index (χ1v) is 5.81. The van der Waals surface area contributed by atoms with Crippen molar-refractivity contribution in [2.24, 2.45) is 0 Å². The van der Waals surface area contributed by atoms with Gasteiger partial charge in [0.2, 0.25) is 0 Å². The minimum atomic E-state index is 0.622. The molecule has 0 bridgehead atoms. The highest BCUT2D eigenvalue weighted by Gasteiger charge is 2.08. The lowest BCUT2D eigenvalue weighted by atomic mass is 10.0. The van der Waals surface area contributed by atoms with E-state index in [9.17, 15) is 0 Å². The minimum Gasteiger partial charge on any atom is -0.493 e. The minimum absolute atomic E-state index is 0.622. The van der Waals surface area contributed by atoms with Crippen LogP contribution < -0.4 is 15.2 Å². The number of rotatable bonds is 3. The number of hydrogen-bond acceptors (Lipinski definition) is 3. The molecule has 2 aromatic carbocycles. The first kappa shape index (κ1) is 12.6. The molecule has 0 amide bonds. The molecule has 0 aliphatic heterocycles. The Morgan fingerprint density at radius 3 is 2.28 bits per heavy atom. The number of nitrogen functional groups attached to an aromatic ring is 1. The van der Waals surface area contributed by atoms with Crippen LogP contribution in [0.5, 0.6) is 11.5 Å². The molecule has 0 saturated heterocycles. The van der Waals surface area contributed by atoms with Gasteiger partial charge in [0.15, 0.2) is 11.5 Å². The number of nitrogens with two attached hydrogens (primary N) is 1. The summed E-state index contributed by atoms with van der Waals surface area (Å²) in [5.41, 5.74) is 8.47. The first-order chi connectivity index (χ1) is 8.65. The lowest BCUT2D eigenvalue weighted by Gasteiger charge is -2.11. The average molecular weight is 264 g/mol. The van der Waals surface area contributed by atoms with E-state index in [4.69, 9.17) is 26.8 Å². The zero-order valence-electron chi connectivity index (χ0n) is 10.2. The Balaban J connectivity index is 2.51. The van der Waals surface area contributed by atoms with E-state index in [1.165, 1.54) is 0 Å². The molecule has 2 N–H and O–H groups in total. The summed E-state index contributed by atoms with van der Waals surface area (Å²) in [4.78, 5) is 0. The van der Waals surface area contributed by atoms with Crippen LogP contribution in [-0.4, -0.2) is 14.2 Å². The molecule has 0 saturated carbocycles. The van der Waals surface area contributed by atoms with Gasteiger partial charge in [-0.05, 0) is 29.8 Å². The monoisotopic (exact) mass is 263 g/mol. The van der Waals surface area contributed by atoms with Crippen LogP contribution in [0.2, 0.25) is 5.02 Å². The maximum Gasteiger partial charge on any atom is 0.161 e. The fourth-order valence-electron chi connectivity index (χ4n) is 1.80. The van der Waals surface area contributed by atoms with E-state index < -0.39 is 0 Å². The Morgan fingerprint density at radius 2 is 1.67 bits per heavy atom. The third-order valence-electron chi connectivity index (χ3n) is 2.71. The zero-order chi connectivity index (χ0) is 13.1. The normalized spacial score (nSPS) is 10.2. The average Bonchev–Trinajstić information content (AvgIpc) is 2.38. The Bertz CT molecular complexity index is 570. The molecule has 0 heterocycles. The summed E-state index contributed by atoms with van der Waals surface area (Å²) in [5, 5.41) is 0.622. The van der Waals surface area contributed by atoms with Gasteiger partial charge in [-0.15, -0.1) is 0 Å². The largest absolute Gasteiger partial charge is 0.493 e. The second-order valence-corrected chi connectivity index (χ2v) is 4.24. The van der Waals surface area contributed by atoms with E-state index in [0.717, 1.165) is 11.1 Å². The van der Waals surface area contributed by atoms with Crippen molar-refractivity contribution in [3.63, 3.8) is 0 Å². The molecule has 3 nitrogen and oxygen atoms in total. The summed E-state index contributed by atoms with van der Waals surface area (Å²) in [5.74, 6) is 1.36. The molecule has 0 radical (unpaired) electrons. The van der Waals surface area contributed by atoms with Crippen LogP contribution >= 0.6 is 11.6 Å². The molecule has 0 fully saturated rings. The smallest absolute Gasteiger partial charge is 0.161 e. The highest BCUT2D eigenvalue weighted by atomic mass is 35.5. The molecular weight excluding hydrogens is 250 g/mol. The van der Waals surface area contributed by atoms with E-state index in [1.54, 1.807) is 20.3 Å². The van der Waals surface area contributed by atoms with Crippen molar-refractivity contribution in [2.75, 3.05) is 20.0 Å². The van der Waals surface area contributed by atoms with Crippen LogP contribution in [0.25, 0.3) is 11.1 Å². The lowest BCUT2D eigenvalue weighted by molar-refractivity contribution is 0.355. The van der Waals surface area contributed by atoms with Gasteiger partial charge in [-0.2, -0.15) is 0 Å². The Morgan fingerprint density at radius 1 is 0.944 bits per heavy atom. The third-order valence-corrected chi connectivity index (χ3v) is 2.94. The van der Waals surface area contributed by atoms with Crippen molar-refractivity contribution >= 4 is 17.3 Å². The van der Waals surface area contributed by atoms with Gasteiger partial charge in [-0.25, -0.2) is 0 Å². The fraction of sp³-hybridized carbons (Fsp3) is 0.143. The predicted molar refractivity (Wildman–Crippen MR) is 74.4 cm³/mol. The van der Waals surface area contributed by atoms with Crippen LogP contribution in [0.4, 0.5) is 5.69 Å². The quantitative estimate of drug-likeness (QED) is 0.861. The van der Waals surface area contributed by atoms with Gasteiger partial charge >= 0.3 is 0 Å². The van der Waals surface area contributed by atoms with Gasteiger partial charge in [-0.3, -0.25) is 0 Å². The summed E-state index contributed by atoms with van der Waals surface area (Å²) < 4.78 is 10.5. The highest BCUT2D eigenvalue weighted by Crippen LogP contribution is 2.35. The second-order valence-electron chi connectivity index (χ2n) is 3.80. The summed E-state index contributed by atoms with van der Waals surface area (Å²) in [6, 6.07) is 11.1. The molecule has 2 rings (SSSR count). The van der Waals surface area contributed by atoms with Crippen molar-refractivity contribution in [2.45, 2.75) is 0 Å². The van der Waals surface area contributed by atoms with Crippen LogP contribution in [0, 0.1) is 0 Å². The van der Waals surface area contributed by atoms with Gasteiger partial charge in [-0.1, -0.05) is 23.7 Å². The van der Waals surface area contributed by atoms with Crippen molar-refractivity contribution < 1.29 is 9.47 Å². The molecule has 4 heteroatoms. The number of hydrogen-bond donors (Lipinski definition) is 1. The van der Waals surface area contributed by atoms with E-state index in [-0.39, 0.29) is 0 Å². The Hall–Kier alpha value is -1.87. The molecule has 0 unspecified atom stereocenters. The number of anilines is 1. The lowest BCUT2D eigenvalue weighted by Crippen LogP contribution is -1.93. The van der Waals surface area contributed by atoms with Gasteiger partial charge in [0, 0.05) is 16.3 Å². The fourth-order valence-corrected chi connectivity index (χ4v) is 1.98. The predicted octanol–water partition coefficient (Wildman–Crippen LogP) is 3.61. The molecular formula is C14H14ClNO2. The van der Waals surface area contributed by atoms with Crippen molar-refractivity contribution in [1.29, 1.82) is 0 Å². The summed E-state index contributed by atoms with van der Waals surface area (Å²) in [7, 11) is 3.21. The maximum absolute atomic E-state index is 5.96. The zero-order valence-corrected chi connectivity index (χ0v) is 11.0. The number of methoxy groups -OCH3 is 2. The standard InChI is InChI=1S/C14H14ClNO2/c1-17-13-6-3-9(7-14(13)18-2)11-5-4-10(15)8-12(11)16/h3-8H,16H2,1-2H3. The van der Waals surface area contributed by atoms with Gasteiger partial charge in [0.05, 0.1) is 14.2 Å². The van der Waals surface area contributed by atoms with Crippen LogP contribution in [0.3, 0.4) is 0 Å². The molecule has 0 spiro atoms. The summed E-state index contributed by atoms with van der Waals surface area (Å²) >= 11 is 5.89. The first-order valence-electron chi connectivity index (χ1n) is 5.43. The summed E-state index contributed by atoms with van der Waals surface area (Å²) in [6.45, 7) is 0. The van der Waals surface area contributed by atoms with Gasteiger partial charge in [0.25, 0.3) is 0 Å². The molecule has 2 aromatic rings. The number of ether oxygens (including phenoxy) is 2. The molecule has 18 heavy (non-hydrogen) atoms. The van der Waals surface area contributed by atoms with E-state index >= 15 is 0 Å². The van der Waals surface area contributed by atoms with Crippen LogP contribution in [0.15, 0.2) is 36.4 Å². The van der Waals surface area contributed by atoms with E-state index in [1.807, 2.05) is 30.3 Å². The number of halogens is 1. The van der Waals surface area contributed by atoms with E-state index in [2.05, 4.69) is 0 Å². The van der Waals surface area contributed by atoms with E-state index in [0.29, 0.717) is 22.2 Å². The second kappa shape index (κ2) is 5.19.